The van der Waals surface area contributed by atoms with Crippen LogP contribution in [0.1, 0.15) is 39.7 Å². The zero-order valence-electron chi connectivity index (χ0n) is 21.7. The number of hydroxylamine groups is 1. The highest BCUT2D eigenvalue weighted by molar-refractivity contribution is 7.89. The van der Waals surface area contributed by atoms with Crippen molar-refractivity contribution in [2.75, 3.05) is 33.4 Å². The van der Waals surface area contributed by atoms with Gasteiger partial charge in [-0.25, -0.2) is 13.9 Å². The first-order chi connectivity index (χ1) is 17.0. The Hall–Kier alpha value is -2.50. The number of ether oxygens (including phenoxy) is 2. The third-order valence-corrected chi connectivity index (χ3v) is 7.98. The fraction of sp³-hybridized carbons (Fsp3) is 0.500. The van der Waals surface area contributed by atoms with Gasteiger partial charge in [0.25, 0.3) is 0 Å². The first kappa shape index (κ1) is 28.1. The van der Waals surface area contributed by atoms with Gasteiger partial charge < -0.3 is 9.47 Å². The summed E-state index contributed by atoms with van der Waals surface area (Å²) in [6.07, 6.45) is -0.134. The third kappa shape index (κ3) is 7.04. The Bertz CT molecular complexity index is 1100. The molecule has 1 N–H and O–H groups in total. The predicted octanol–water partition coefficient (Wildman–Crippen LogP) is 3.17. The molecule has 0 bridgehead atoms. The van der Waals surface area contributed by atoms with Crippen molar-refractivity contribution >= 4 is 15.9 Å². The van der Waals surface area contributed by atoms with E-state index >= 15 is 0 Å². The minimum absolute atomic E-state index is 0.0798. The molecule has 2 aromatic carbocycles. The fourth-order valence-electron chi connectivity index (χ4n) is 4.09. The van der Waals surface area contributed by atoms with Crippen molar-refractivity contribution in [3.8, 4) is 5.75 Å². The summed E-state index contributed by atoms with van der Waals surface area (Å²) < 4.78 is 40.5. The molecule has 36 heavy (non-hydrogen) atoms. The zero-order chi connectivity index (χ0) is 26.4. The van der Waals surface area contributed by atoms with Crippen LogP contribution in [0.3, 0.4) is 0 Å². The number of rotatable bonds is 10. The second-order valence-corrected chi connectivity index (χ2v) is 11.8. The quantitative estimate of drug-likeness (QED) is 0.482. The zero-order valence-corrected chi connectivity index (χ0v) is 22.5. The van der Waals surface area contributed by atoms with E-state index in [0.717, 1.165) is 5.56 Å². The lowest BCUT2D eigenvalue weighted by Crippen LogP contribution is -2.64. The van der Waals surface area contributed by atoms with Gasteiger partial charge in [-0.1, -0.05) is 30.3 Å². The number of carbonyl (C=O) groups excluding carboxylic acids is 1. The molecule has 1 aliphatic rings. The van der Waals surface area contributed by atoms with E-state index in [1.165, 1.54) is 23.5 Å². The van der Waals surface area contributed by atoms with Gasteiger partial charge in [-0.3, -0.25) is 14.5 Å². The Morgan fingerprint density at radius 3 is 2.19 bits per heavy atom. The minimum Gasteiger partial charge on any atom is -0.497 e. The molecule has 3 rings (SSSR count). The molecule has 1 atom stereocenters. The van der Waals surface area contributed by atoms with Gasteiger partial charge in [-0.15, -0.1) is 0 Å². The van der Waals surface area contributed by atoms with Crippen molar-refractivity contribution in [1.82, 2.24) is 14.7 Å². The van der Waals surface area contributed by atoms with Crippen molar-refractivity contribution in [3.63, 3.8) is 0 Å². The number of hydrogen-bond donors (Lipinski definition) is 1. The van der Waals surface area contributed by atoms with Crippen LogP contribution in [0.5, 0.6) is 5.75 Å². The van der Waals surface area contributed by atoms with Gasteiger partial charge in [-0.2, -0.15) is 4.31 Å². The molecule has 198 valence electrons. The van der Waals surface area contributed by atoms with Gasteiger partial charge >= 0.3 is 0 Å². The van der Waals surface area contributed by atoms with Gasteiger partial charge in [0.2, 0.25) is 15.9 Å². The maximum Gasteiger partial charge on any atom is 0.246 e. The molecule has 9 nitrogen and oxygen atoms in total. The van der Waals surface area contributed by atoms with Crippen LogP contribution < -0.4 is 10.2 Å². The molecule has 10 heteroatoms. The van der Waals surface area contributed by atoms with Gasteiger partial charge in [0.05, 0.1) is 42.9 Å². The maximum absolute atomic E-state index is 14.2. The van der Waals surface area contributed by atoms with E-state index in [2.05, 4.69) is 5.48 Å². The highest BCUT2D eigenvalue weighted by Crippen LogP contribution is 2.34. The molecule has 2 aromatic rings. The van der Waals surface area contributed by atoms with Crippen molar-refractivity contribution < 1.29 is 27.5 Å². The standard InChI is InChI=1S/C26H37N3O6S/c1-25(2,3)35-27-24(30)19-26(4,28-15-17-34-18-16-28)29(20-21-9-7-6-8-10-21)36(31,32)23-13-11-22(33-5)12-14-23/h6-14H,15-20H2,1-5H3,(H,27,30). The molecule has 1 unspecified atom stereocenters. The van der Waals surface area contributed by atoms with E-state index in [1.54, 1.807) is 19.1 Å². The normalized spacial score (nSPS) is 16.9. The lowest BCUT2D eigenvalue weighted by Gasteiger charge is -2.49. The van der Waals surface area contributed by atoms with Crippen LogP contribution in [0, 0.1) is 0 Å². The number of sulfonamides is 1. The first-order valence-electron chi connectivity index (χ1n) is 12.0. The Morgan fingerprint density at radius 1 is 1.03 bits per heavy atom. The maximum atomic E-state index is 14.2. The van der Waals surface area contributed by atoms with Crippen LogP contribution in [0.2, 0.25) is 0 Å². The fourth-order valence-corrected chi connectivity index (χ4v) is 5.84. The summed E-state index contributed by atoms with van der Waals surface area (Å²) >= 11 is 0. The summed E-state index contributed by atoms with van der Waals surface area (Å²) in [6.45, 7) is 9.18. The average Bonchev–Trinajstić information content (AvgIpc) is 2.86. The molecule has 0 radical (unpaired) electrons. The van der Waals surface area contributed by atoms with Crippen molar-refractivity contribution in [2.45, 2.75) is 56.8 Å². The predicted molar refractivity (Wildman–Crippen MR) is 137 cm³/mol. The number of carbonyl (C=O) groups is 1. The summed E-state index contributed by atoms with van der Waals surface area (Å²) in [4.78, 5) is 20.7. The number of hydrogen-bond acceptors (Lipinski definition) is 7. The van der Waals surface area contributed by atoms with Gasteiger partial charge in [0, 0.05) is 19.6 Å². The molecular formula is C26H37N3O6S. The van der Waals surface area contributed by atoms with Crippen LogP contribution in [-0.4, -0.2) is 68.2 Å². The molecule has 1 aliphatic heterocycles. The molecule has 0 aromatic heterocycles. The van der Waals surface area contributed by atoms with E-state index in [-0.39, 0.29) is 17.9 Å². The Morgan fingerprint density at radius 2 is 1.64 bits per heavy atom. The number of nitrogens with one attached hydrogen (secondary N) is 1. The molecule has 0 saturated carbocycles. The highest BCUT2D eigenvalue weighted by Gasteiger charge is 2.47. The highest BCUT2D eigenvalue weighted by atomic mass is 32.2. The van der Waals surface area contributed by atoms with Crippen molar-refractivity contribution in [3.05, 3.63) is 60.2 Å². The van der Waals surface area contributed by atoms with Gasteiger partial charge in [0.1, 0.15) is 5.75 Å². The second-order valence-electron chi connectivity index (χ2n) is 9.91. The molecule has 1 saturated heterocycles. The summed E-state index contributed by atoms with van der Waals surface area (Å²) in [5.41, 5.74) is 1.52. The van der Waals surface area contributed by atoms with Crippen LogP contribution in [0.15, 0.2) is 59.5 Å². The van der Waals surface area contributed by atoms with Crippen molar-refractivity contribution in [2.24, 2.45) is 0 Å². The van der Waals surface area contributed by atoms with Crippen molar-refractivity contribution in [1.29, 1.82) is 0 Å². The number of benzene rings is 2. The summed E-state index contributed by atoms with van der Waals surface area (Å²) in [5, 5.41) is 0. The largest absolute Gasteiger partial charge is 0.497 e. The van der Waals surface area contributed by atoms with E-state index < -0.39 is 27.2 Å². The van der Waals surface area contributed by atoms with E-state index in [4.69, 9.17) is 14.3 Å². The Labute approximate surface area is 214 Å². The van der Waals surface area contributed by atoms with E-state index in [1.807, 2.05) is 56.0 Å². The van der Waals surface area contributed by atoms with Crippen LogP contribution in [0.4, 0.5) is 0 Å². The lowest BCUT2D eigenvalue weighted by atomic mass is 10.0. The third-order valence-electron chi connectivity index (χ3n) is 6.01. The smallest absolute Gasteiger partial charge is 0.246 e. The first-order valence-corrected chi connectivity index (χ1v) is 13.4. The molecule has 1 heterocycles. The number of nitrogens with zero attached hydrogens (tertiary/aromatic N) is 2. The molecular weight excluding hydrogens is 482 g/mol. The second kappa shape index (κ2) is 11.7. The molecule has 0 aliphatic carbocycles. The van der Waals surface area contributed by atoms with E-state index in [0.29, 0.717) is 32.1 Å². The minimum atomic E-state index is -4.05. The van der Waals surface area contributed by atoms with Crippen LogP contribution in [-0.2, 0) is 30.9 Å². The lowest BCUT2D eigenvalue weighted by molar-refractivity contribution is -0.152. The molecule has 1 fully saturated rings. The molecule has 1 amide bonds. The van der Waals surface area contributed by atoms with Crippen LogP contribution >= 0.6 is 0 Å². The number of amides is 1. The summed E-state index contributed by atoms with van der Waals surface area (Å²) in [7, 11) is -2.52. The summed E-state index contributed by atoms with van der Waals surface area (Å²) in [6, 6.07) is 15.6. The average molecular weight is 520 g/mol. The topological polar surface area (TPSA) is 97.4 Å². The van der Waals surface area contributed by atoms with Gasteiger partial charge in [0.15, 0.2) is 0 Å². The SMILES string of the molecule is COc1ccc(S(=O)(=O)N(Cc2ccccc2)C(C)(CC(=O)NOC(C)(C)C)N2CCOCC2)cc1. The number of methoxy groups -OCH3 is 1. The van der Waals surface area contributed by atoms with Crippen LogP contribution in [0.25, 0.3) is 0 Å². The summed E-state index contributed by atoms with van der Waals surface area (Å²) in [5.74, 6) is 0.139. The van der Waals surface area contributed by atoms with E-state index in [9.17, 15) is 13.2 Å². The monoisotopic (exact) mass is 519 g/mol. The molecule has 0 spiro atoms. The number of morpholine rings is 1. The Balaban J connectivity index is 2.07. The van der Waals surface area contributed by atoms with Gasteiger partial charge in [-0.05, 0) is 57.5 Å². The Kier molecular flexibility index (Phi) is 9.13.